The monoisotopic (exact) mass is 318 g/mol. The van der Waals surface area contributed by atoms with E-state index in [4.69, 9.17) is 5.73 Å². The minimum Gasteiger partial charge on any atom is -0.370 e. The number of rotatable bonds is 6. The molecule has 0 aromatic heterocycles. The molecule has 5 nitrogen and oxygen atoms in total. The maximum atomic E-state index is 13.7. The second-order valence-electron chi connectivity index (χ2n) is 5.50. The Morgan fingerprint density at radius 3 is 2.48 bits per heavy atom. The molecule has 3 N–H and O–H groups in total. The molecule has 0 spiro atoms. The molecule has 0 saturated heterocycles. The van der Waals surface area contributed by atoms with Crippen LogP contribution in [0.4, 0.5) is 8.78 Å². The number of primary amides is 1. The number of carbonyl (C=O) groups is 1. The van der Waals surface area contributed by atoms with Gasteiger partial charge in [-0.3, -0.25) is 4.79 Å². The van der Waals surface area contributed by atoms with E-state index < -0.39 is 37.9 Å². The Morgan fingerprint density at radius 2 is 1.95 bits per heavy atom. The average Bonchev–Trinajstić information content (AvgIpc) is 3.11. The van der Waals surface area contributed by atoms with E-state index in [9.17, 15) is 22.0 Å². The lowest BCUT2D eigenvalue weighted by molar-refractivity contribution is -0.119. The fraction of sp³-hybridized carbons (Fsp3) is 0.462. The van der Waals surface area contributed by atoms with Crippen molar-refractivity contribution in [3.63, 3.8) is 0 Å². The fourth-order valence-corrected chi connectivity index (χ4v) is 3.35. The quantitative estimate of drug-likeness (QED) is 0.826. The molecule has 1 fully saturated rings. The summed E-state index contributed by atoms with van der Waals surface area (Å²) in [5.41, 5.74) is 4.64. The molecule has 0 atom stereocenters. The molecule has 1 amide bonds. The first-order valence-electron chi connectivity index (χ1n) is 6.39. The van der Waals surface area contributed by atoms with E-state index in [0.717, 1.165) is 6.07 Å². The van der Waals surface area contributed by atoms with Crippen LogP contribution in [0.15, 0.2) is 17.0 Å². The molecule has 0 aliphatic heterocycles. The molecule has 1 saturated carbocycles. The first kappa shape index (κ1) is 15.8. The normalized spacial score (nSPS) is 16.7. The van der Waals surface area contributed by atoms with Crippen LogP contribution >= 0.6 is 0 Å². The average molecular weight is 318 g/mol. The maximum absolute atomic E-state index is 13.7. The molecule has 1 aliphatic carbocycles. The summed E-state index contributed by atoms with van der Waals surface area (Å²) in [4.78, 5) is 10.2. The highest BCUT2D eigenvalue weighted by Gasteiger charge is 2.44. The molecule has 0 bridgehead atoms. The molecule has 0 heterocycles. The molecule has 0 unspecified atom stereocenters. The molecular weight excluding hydrogens is 302 g/mol. The summed E-state index contributed by atoms with van der Waals surface area (Å²) in [6.45, 7) is 1.32. The van der Waals surface area contributed by atoms with Gasteiger partial charge in [0.1, 0.15) is 16.5 Å². The lowest BCUT2D eigenvalue weighted by Crippen LogP contribution is -2.33. The zero-order valence-electron chi connectivity index (χ0n) is 11.4. The van der Waals surface area contributed by atoms with Gasteiger partial charge in [0.25, 0.3) is 0 Å². The SMILES string of the molecule is Cc1cc(F)c(S(=O)(=O)NCC2(CC(N)=O)CC2)cc1F. The van der Waals surface area contributed by atoms with Gasteiger partial charge in [-0.2, -0.15) is 0 Å². The summed E-state index contributed by atoms with van der Waals surface area (Å²) in [5.74, 6) is -2.32. The number of aryl methyl sites for hydroxylation is 1. The highest BCUT2D eigenvalue weighted by atomic mass is 32.2. The second-order valence-corrected chi connectivity index (χ2v) is 7.23. The van der Waals surface area contributed by atoms with Crippen LogP contribution in [0, 0.1) is 24.0 Å². The van der Waals surface area contributed by atoms with Gasteiger partial charge in [0, 0.05) is 13.0 Å². The fourth-order valence-electron chi connectivity index (χ4n) is 2.12. The van der Waals surface area contributed by atoms with E-state index >= 15 is 0 Å². The molecule has 0 radical (unpaired) electrons. The Bertz CT molecular complexity index is 685. The van der Waals surface area contributed by atoms with Gasteiger partial charge in [-0.05, 0) is 42.9 Å². The van der Waals surface area contributed by atoms with Crippen LogP contribution in [-0.2, 0) is 14.8 Å². The molecule has 21 heavy (non-hydrogen) atoms. The number of hydrogen-bond donors (Lipinski definition) is 2. The van der Waals surface area contributed by atoms with Crippen molar-refractivity contribution in [2.75, 3.05) is 6.54 Å². The van der Waals surface area contributed by atoms with Crippen LogP contribution < -0.4 is 10.5 Å². The second kappa shape index (κ2) is 5.34. The number of halogens is 2. The highest BCUT2D eigenvalue weighted by molar-refractivity contribution is 7.89. The summed E-state index contributed by atoms with van der Waals surface area (Å²) < 4.78 is 53.5. The van der Waals surface area contributed by atoms with E-state index in [-0.39, 0.29) is 18.5 Å². The molecule has 2 rings (SSSR count). The van der Waals surface area contributed by atoms with Crippen LogP contribution in [0.1, 0.15) is 24.8 Å². The Balaban J connectivity index is 2.16. The van der Waals surface area contributed by atoms with Gasteiger partial charge in [0.15, 0.2) is 0 Å². The Hall–Kier alpha value is -1.54. The highest BCUT2D eigenvalue weighted by Crippen LogP contribution is 2.48. The maximum Gasteiger partial charge on any atom is 0.243 e. The zero-order valence-corrected chi connectivity index (χ0v) is 12.3. The van der Waals surface area contributed by atoms with Crippen molar-refractivity contribution in [1.29, 1.82) is 0 Å². The van der Waals surface area contributed by atoms with Crippen LogP contribution in [0.25, 0.3) is 0 Å². The Morgan fingerprint density at radius 1 is 1.33 bits per heavy atom. The number of sulfonamides is 1. The van der Waals surface area contributed by atoms with Crippen molar-refractivity contribution < 1.29 is 22.0 Å². The zero-order chi connectivity index (χ0) is 15.8. The third-order valence-electron chi connectivity index (χ3n) is 3.65. The number of carbonyl (C=O) groups excluding carboxylic acids is 1. The molecule has 1 aliphatic rings. The van der Waals surface area contributed by atoms with Crippen LogP contribution in [-0.4, -0.2) is 20.9 Å². The van der Waals surface area contributed by atoms with E-state index in [2.05, 4.69) is 4.72 Å². The molecule has 116 valence electrons. The van der Waals surface area contributed by atoms with Crippen molar-refractivity contribution >= 4 is 15.9 Å². The minimum absolute atomic E-state index is 0.0206. The molecule has 1 aromatic carbocycles. The third-order valence-corrected chi connectivity index (χ3v) is 5.06. The lowest BCUT2D eigenvalue weighted by Gasteiger charge is -2.15. The Kier molecular flexibility index (Phi) is 4.03. The van der Waals surface area contributed by atoms with Crippen LogP contribution in [0.2, 0.25) is 0 Å². The van der Waals surface area contributed by atoms with Gasteiger partial charge in [0.05, 0.1) is 0 Å². The van der Waals surface area contributed by atoms with Gasteiger partial charge in [0.2, 0.25) is 15.9 Å². The molecule has 8 heteroatoms. The molecule has 1 aromatic rings. The van der Waals surface area contributed by atoms with Crippen molar-refractivity contribution in [3.8, 4) is 0 Å². The van der Waals surface area contributed by atoms with E-state index in [1.54, 1.807) is 0 Å². The lowest BCUT2D eigenvalue weighted by atomic mass is 10.0. The van der Waals surface area contributed by atoms with Crippen molar-refractivity contribution in [2.45, 2.75) is 31.1 Å². The van der Waals surface area contributed by atoms with E-state index in [1.807, 2.05) is 0 Å². The van der Waals surface area contributed by atoms with Gasteiger partial charge in [-0.1, -0.05) is 0 Å². The standard InChI is InChI=1S/C13H16F2N2O3S/c1-8-4-10(15)11(5-9(8)14)21(19,20)17-7-13(2-3-13)6-12(16)18/h4-5,17H,2-3,6-7H2,1H3,(H2,16,18). The van der Waals surface area contributed by atoms with E-state index in [1.165, 1.54) is 6.92 Å². The predicted molar refractivity (Wildman–Crippen MR) is 71.8 cm³/mol. The smallest absolute Gasteiger partial charge is 0.243 e. The number of benzene rings is 1. The predicted octanol–water partition coefficient (Wildman–Crippen LogP) is 1.21. The summed E-state index contributed by atoms with van der Waals surface area (Å²) in [6, 6.07) is 1.49. The number of amides is 1. The largest absolute Gasteiger partial charge is 0.370 e. The van der Waals surface area contributed by atoms with E-state index in [0.29, 0.717) is 18.9 Å². The van der Waals surface area contributed by atoms with Crippen molar-refractivity contribution in [1.82, 2.24) is 4.72 Å². The number of hydrogen-bond acceptors (Lipinski definition) is 3. The number of nitrogens with two attached hydrogens (primary N) is 1. The number of nitrogens with one attached hydrogen (secondary N) is 1. The van der Waals surface area contributed by atoms with Gasteiger partial charge < -0.3 is 5.73 Å². The minimum atomic E-state index is -4.18. The third kappa shape index (κ3) is 3.56. The van der Waals surface area contributed by atoms with Gasteiger partial charge >= 0.3 is 0 Å². The van der Waals surface area contributed by atoms with Gasteiger partial charge in [-0.25, -0.2) is 21.9 Å². The van der Waals surface area contributed by atoms with Gasteiger partial charge in [-0.15, -0.1) is 0 Å². The summed E-state index contributed by atoms with van der Waals surface area (Å²) in [6.07, 6.45) is 1.41. The molecular formula is C13H16F2N2O3S. The summed E-state index contributed by atoms with van der Waals surface area (Å²) in [5, 5.41) is 0. The summed E-state index contributed by atoms with van der Waals surface area (Å²) >= 11 is 0. The Labute approximate surface area is 121 Å². The topological polar surface area (TPSA) is 89.3 Å². The van der Waals surface area contributed by atoms with Crippen LogP contribution in [0.5, 0.6) is 0 Å². The van der Waals surface area contributed by atoms with Crippen LogP contribution in [0.3, 0.4) is 0 Å². The first-order chi connectivity index (χ1) is 9.65. The van der Waals surface area contributed by atoms with Crippen molar-refractivity contribution in [2.24, 2.45) is 11.1 Å². The first-order valence-corrected chi connectivity index (χ1v) is 7.87. The van der Waals surface area contributed by atoms with Crippen molar-refractivity contribution in [3.05, 3.63) is 29.3 Å². The summed E-state index contributed by atoms with van der Waals surface area (Å²) in [7, 11) is -4.18.